The van der Waals surface area contributed by atoms with Crippen molar-refractivity contribution in [1.82, 2.24) is 0 Å². The molecule has 104 valence electrons. The van der Waals surface area contributed by atoms with Crippen LogP contribution in [0, 0.1) is 0 Å². The number of carboxylic acid groups (broad SMARTS) is 1. The van der Waals surface area contributed by atoms with Gasteiger partial charge in [-0.3, -0.25) is 4.79 Å². The SMILES string of the molecule is C=C(C)CN(CCC(=O)O)c1ccc(C(C)C)cc1. The van der Waals surface area contributed by atoms with Crippen molar-refractivity contribution in [2.75, 3.05) is 18.0 Å². The number of hydrogen-bond donors (Lipinski definition) is 1. The summed E-state index contributed by atoms with van der Waals surface area (Å²) in [7, 11) is 0. The quantitative estimate of drug-likeness (QED) is 0.761. The highest BCUT2D eigenvalue weighted by Gasteiger charge is 2.09. The predicted molar refractivity (Wildman–Crippen MR) is 79.8 cm³/mol. The van der Waals surface area contributed by atoms with Crippen LogP contribution in [0.1, 0.15) is 38.7 Å². The summed E-state index contributed by atoms with van der Waals surface area (Å²) in [6.45, 7) is 11.4. The molecule has 0 saturated carbocycles. The minimum atomic E-state index is -0.773. The molecule has 0 aromatic heterocycles. The molecule has 0 aliphatic heterocycles. The zero-order chi connectivity index (χ0) is 14.4. The summed E-state index contributed by atoms with van der Waals surface area (Å²) in [5, 5.41) is 8.81. The first kappa shape index (κ1) is 15.3. The average Bonchev–Trinajstić information content (AvgIpc) is 2.34. The number of nitrogens with zero attached hydrogens (tertiary/aromatic N) is 1. The van der Waals surface area contributed by atoms with Crippen molar-refractivity contribution in [2.24, 2.45) is 0 Å². The molecule has 0 bridgehead atoms. The van der Waals surface area contributed by atoms with Crippen LogP contribution in [0.25, 0.3) is 0 Å². The molecule has 0 atom stereocenters. The summed E-state index contributed by atoms with van der Waals surface area (Å²) < 4.78 is 0. The van der Waals surface area contributed by atoms with Crippen molar-refractivity contribution in [3.8, 4) is 0 Å². The maximum atomic E-state index is 10.7. The lowest BCUT2D eigenvalue weighted by Crippen LogP contribution is -2.27. The fourth-order valence-electron chi connectivity index (χ4n) is 1.93. The predicted octanol–water partition coefficient (Wildman–Crippen LogP) is 3.67. The van der Waals surface area contributed by atoms with Gasteiger partial charge < -0.3 is 10.0 Å². The third-order valence-electron chi connectivity index (χ3n) is 2.98. The fourth-order valence-corrected chi connectivity index (χ4v) is 1.93. The van der Waals surface area contributed by atoms with Crippen LogP contribution in [0.15, 0.2) is 36.4 Å². The average molecular weight is 261 g/mol. The Morgan fingerprint density at radius 2 is 1.89 bits per heavy atom. The summed E-state index contributed by atoms with van der Waals surface area (Å²) >= 11 is 0. The highest BCUT2D eigenvalue weighted by Crippen LogP contribution is 2.21. The van der Waals surface area contributed by atoms with Gasteiger partial charge in [-0.1, -0.05) is 38.1 Å². The fraction of sp³-hybridized carbons (Fsp3) is 0.438. The molecule has 0 radical (unpaired) electrons. The van der Waals surface area contributed by atoms with E-state index in [1.165, 1.54) is 5.56 Å². The molecule has 0 heterocycles. The molecule has 1 N–H and O–H groups in total. The maximum Gasteiger partial charge on any atom is 0.305 e. The lowest BCUT2D eigenvalue weighted by atomic mass is 10.0. The molecule has 1 aromatic rings. The van der Waals surface area contributed by atoms with Crippen molar-refractivity contribution in [1.29, 1.82) is 0 Å². The second-order valence-corrected chi connectivity index (χ2v) is 5.27. The highest BCUT2D eigenvalue weighted by atomic mass is 16.4. The standard InChI is InChI=1S/C16H23NO2/c1-12(2)11-17(10-9-16(18)19)15-7-5-14(6-8-15)13(3)4/h5-8,13H,1,9-11H2,2-4H3,(H,18,19). The Labute approximate surface area is 115 Å². The number of benzene rings is 1. The highest BCUT2D eigenvalue weighted by molar-refractivity contribution is 5.67. The largest absolute Gasteiger partial charge is 0.481 e. The van der Waals surface area contributed by atoms with Crippen LogP contribution >= 0.6 is 0 Å². The lowest BCUT2D eigenvalue weighted by Gasteiger charge is -2.24. The van der Waals surface area contributed by atoms with E-state index in [2.05, 4.69) is 49.6 Å². The molecule has 0 aliphatic rings. The van der Waals surface area contributed by atoms with Crippen LogP contribution in [-0.2, 0) is 4.79 Å². The van der Waals surface area contributed by atoms with Gasteiger partial charge in [0.2, 0.25) is 0 Å². The molecule has 3 heteroatoms. The molecule has 1 aromatic carbocycles. The Kier molecular flexibility index (Phi) is 5.61. The number of rotatable bonds is 7. The van der Waals surface area contributed by atoms with Crippen molar-refractivity contribution < 1.29 is 9.90 Å². The third-order valence-corrected chi connectivity index (χ3v) is 2.98. The first-order valence-corrected chi connectivity index (χ1v) is 6.61. The van der Waals surface area contributed by atoms with Gasteiger partial charge >= 0.3 is 5.97 Å². The zero-order valence-corrected chi connectivity index (χ0v) is 12.0. The molecule has 0 amide bonds. The summed E-state index contributed by atoms with van der Waals surface area (Å²) in [6, 6.07) is 8.32. The number of carbonyl (C=O) groups is 1. The van der Waals surface area contributed by atoms with Gasteiger partial charge in [0, 0.05) is 18.8 Å². The van der Waals surface area contributed by atoms with Crippen LogP contribution in [0.3, 0.4) is 0 Å². The Morgan fingerprint density at radius 3 is 2.32 bits per heavy atom. The van der Waals surface area contributed by atoms with E-state index in [0.29, 0.717) is 19.0 Å². The van der Waals surface area contributed by atoms with Crippen LogP contribution in [0.4, 0.5) is 5.69 Å². The van der Waals surface area contributed by atoms with E-state index in [1.54, 1.807) is 0 Å². The molecular weight excluding hydrogens is 238 g/mol. The lowest BCUT2D eigenvalue weighted by molar-refractivity contribution is -0.136. The molecule has 0 saturated heterocycles. The van der Waals surface area contributed by atoms with Gasteiger partial charge in [0.1, 0.15) is 0 Å². The zero-order valence-electron chi connectivity index (χ0n) is 12.0. The van der Waals surface area contributed by atoms with Gasteiger partial charge in [0.25, 0.3) is 0 Å². The topological polar surface area (TPSA) is 40.5 Å². The minimum Gasteiger partial charge on any atom is -0.481 e. The Balaban J connectivity index is 2.83. The molecule has 3 nitrogen and oxygen atoms in total. The second kappa shape index (κ2) is 6.98. The number of aliphatic carboxylic acids is 1. The monoisotopic (exact) mass is 261 g/mol. The first-order valence-electron chi connectivity index (χ1n) is 6.61. The van der Waals surface area contributed by atoms with Gasteiger partial charge in [-0.05, 0) is 30.5 Å². The van der Waals surface area contributed by atoms with E-state index < -0.39 is 5.97 Å². The van der Waals surface area contributed by atoms with E-state index in [0.717, 1.165) is 11.3 Å². The molecule has 0 aliphatic carbocycles. The third kappa shape index (κ3) is 5.16. The van der Waals surface area contributed by atoms with Gasteiger partial charge in [-0.2, -0.15) is 0 Å². The molecule has 1 rings (SSSR count). The van der Waals surface area contributed by atoms with Crippen LogP contribution in [0.5, 0.6) is 0 Å². The van der Waals surface area contributed by atoms with Crippen molar-refractivity contribution in [3.63, 3.8) is 0 Å². The van der Waals surface area contributed by atoms with Crippen LogP contribution < -0.4 is 4.90 Å². The van der Waals surface area contributed by atoms with E-state index in [4.69, 9.17) is 5.11 Å². The van der Waals surface area contributed by atoms with E-state index >= 15 is 0 Å². The van der Waals surface area contributed by atoms with E-state index in [1.807, 2.05) is 6.92 Å². The van der Waals surface area contributed by atoms with E-state index in [-0.39, 0.29) is 6.42 Å². The summed E-state index contributed by atoms with van der Waals surface area (Å²) in [6.07, 6.45) is 0.138. The molecule has 0 fully saturated rings. The van der Waals surface area contributed by atoms with E-state index in [9.17, 15) is 4.79 Å². The Hall–Kier alpha value is -1.77. The van der Waals surface area contributed by atoms with Gasteiger partial charge in [-0.25, -0.2) is 0 Å². The van der Waals surface area contributed by atoms with Crippen molar-refractivity contribution in [3.05, 3.63) is 42.0 Å². The summed E-state index contributed by atoms with van der Waals surface area (Å²) in [4.78, 5) is 12.8. The van der Waals surface area contributed by atoms with Crippen LogP contribution in [0.2, 0.25) is 0 Å². The maximum absolute atomic E-state index is 10.7. The molecule has 0 spiro atoms. The van der Waals surface area contributed by atoms with Crippen molar-refractivity contribution in [2.45, 2.75) is 33.1 Å². The van der Waals surface area contributed by atoms with Gasteiger partial charge in [0.05, 0.1) is 6.42 Å². The number of hydrogen-bond acceptors (Lipinski definition) is 2. The van der Waals surface area contributed by atoms with Gasteiger partial charge in [0.15, 0.2) is 0 Å². The molecule has 19 heavy (non-hydrogen) atoms. The molecular formula is C16H23NO2. The smallest absolute Gasteiger partial charge is 0.305 e. The number of carboxylic acids is 1. The second-order valence-electron chi connectivity index (χ2n) is 5.27. The Morgan fingerprint density at radius 1 is 1.32 bits per heavy atom. The number of anilines is 1. The first-order chi connectivity index (χ1) is 8.90. The Bertz CT molecular complexity index is 435. The minimum absolute atomic E-state index is 0.138. The summed E-state index contributed by atoms with van der Waals surface area (Å²) in [5.74, 6) is -0.270. The normalized spacial score (nSPS) is 10.5. The van der Waals surface area contributed by atoms with Crippen LogP contribution in [-0.4, -0.2) is 24.2 Å². The molecule has 0 unspecified atom stereocenters. The van der Waals surface area contributed by atoms with Gasteiger partial charge in [-0.15, -0.1) is 0 Å². The summed E-state index contributed by atoms with van der Waals surface area (Å²) in [5.41, 5.74) is 3.37. The van der Waals surface area contributed by atoms with Crippen molar-refractivity contribution >= 4 is 11.7 Å².